The highest BCUT2D eigenvalue weighted by Crippen LogP contribution is 2.23. The molecule has 0 bridgehead atoms. The minimum atomic E-state index is -0.454. The molecule has 0 spiro atoms. The summed E-state index contributed by atoms with van der Waals surface area (Å²) in [5.41, 5.74) is 1.56. The summed E-state index contributed by atoms with van der Waals surface area (Å²) in [6.45, 7) is 5.11. The quantitative estimate of drug-likeness (QED) is 0.777. The molecule has 0 saturated carbocycles. The van der Waals surface area contributed by atoms with Crippen molar-refractivity contribution >= 4 is 41.7 Å². The summed E-state index contributed by atoms with van der Waals surface area (Å²) in [5, 5.41) is -0.454. The first-order valence-electron chi connectivity index (χ1n) is 6.38. The van der Waals surface area contributed by atoms with Gasteiger partial charge in [-0.3, -0.25) is 9.69 Å². The third-order valence-corrected chi connectivity index (χ3v) is 3.72. The lowest BCUT2D eigenvalue weighted by atomic mass is 10.1. The fourth-order valence-corrected chi connectivity index (χ4v) is 2.36. The van der Waals surface area contributed by atoms with E-state index in [0.717, 1.165) is 44.0 Å². The van der Waals surface area contributed by atoms with Crippen LogP contribution in [-0.4, -0.2) is 55.4 Å². The normalized spacial score (nSPS) is 15.8. The maximum absolute atomic E-state index is 11.1. The van der Waals surface area contributed by atoms with Crippen molar-refractivity contribution in [1.82, 2.24) is 9.80 Å². The minimum absolute atomic E-state index is 0. The van der Waals surface area contributed by atoms with Gasteiger partial charge in [-0.2, -0.15) is 0 Å². The molecule has 1 aliphatic rings. The van der Waals surface area contributed by atoms with Crippen molar-refractivity contribution in [2.75, 3.05) is 40.3 Å². The van der Waals surface area contributed by atoms with E-state index >= 15 is 0 Å². The van der Waals surface area contributed by atoms with Gasteiger partial charge in [0.1, 0.15) is 5.75 Å². The highest BCUT2D eigenvalue weighted by atomic mass is 35.5. The number of carbonyl (C=O) groups is 1. The Morgan fingerprint density at radius 2 is 1.86 bits per heavy atom. The van der Waals surface area contributed by atoms with Crippen molar-refractivity contribution in [3.05, 3.63) is 29.3 Å². The molecule has 4 nitrogen and oxygen atoms in total. The van der Waals surface area contributed by atoms with E-state index in [2.05, 4.69) is 16.8 Å². The van der Waals surface area contributed by atoms with Gasteiger partial charge in [-0.25, -0.2) is 0 Å². The molecule has 7 heteroatoms. The van der Waals surface area contributed by atoms with Gasteiger partial charge in [0, 0.05) is 43.9 Å². The zero-order valence-corrected chi connectivity index (χ0v) is 14.6. The van der Waals surface area contributed by atoms with Crippen LogP contribution in [0.5, 0.6) is 5.75 Å². The smallest absolute Gasteiger partial charge is 0.252 e. The van der Waals surface area contributed by atoms with Crippen molar-refractivity contribution < 1.29 is 9.53 Å². The standard InChI is InChI=1S/C14H19ClN2O2.2ClH/c1-16-5-7-17(8-6-16)10-12-4-3-11(14(15)18)9-13(12)19-2;;/h3-4,9H,5-8,10H2,1-2H3;2*1H. The molecule has 1 saturated heterocycles. The number of benzene rings is 1. The van der Waals surface area contributed by atoms with E-state index in [9.17, 15) is 4.79 Å². The highest BCUT2D eigenvalue weighted by Gasteiger charge is 2.16. The number of likely N-dealkylation sites (N-methyl/N-ethyl adjacent to an activating group) is 1. The lowest BCUT2D eigenvalue weighted by molar-refractivity contribution is 0.108. The van der Waals surface area contributed by atoms with Gasteiger partial charge in [-0.1, -0.05) is 6.07 Å². The number of methoxy groups -OCH3 is 1. The summed E-state index contributed by atoms with van der Waals surface area (Å²) in [6.07, 6.45) is 0. The fourth-order valence-electron chi connectivity index (χ4n) is 2.24. The molecule has 1 aromatic carbocycles. The molecule has 0 unspecified atom stereocenters. The predicted molar refractivity (Wildman–Crippen MR) is 90.4 cm³/mol. The number of hydrogen-bond donors (Lipinski definition) is 0. The summed E-state index contributed by atoms with van der Waals surface area (Å²) < 4.78 is 5.35. The molecule has 2 rings (SSSR count). The first-order chi connectivity index (χ1) is 9.10. The summed E-state index contributed by atoms with van der Waals surface area (Å²) in [7, 11) is 3.75. The fraction of sp³-hybridized carbons (Fsp3) is 0.500. The average Bonchev–Trinajstić information content (AvgIpc) is 2.41. The van der Waals surface area contributed by atoms with Gasteiger partial charge in [0.2, 0.25) is 0 Å². The maximum Gasteiger partial charge on any atom is 0.252 e. The molecule has 1 aromatic rings. The number of rotatable bonds is 4. The van der Waals surface area contributed by atoms with Crippen LogP contribution in [0.1, 0.15) is 15.9 Å². The summed E-state index contributed by atoms with van der Waals surface area (Å²) in [4.78, 5) is 15.9. The molecule has 21 heavy (non-hydrogen) atoms. The molecular formula is C14H21Cl3N2O2. The summed E-state index contributed by atoms with van der Waals surface area (Å²) in [6, 6.07) is 5.39. The zero-order valence-electron chi connectivity index (χ0n) is 12.2. The molecule has 1 heterocycles. The largest absolute Gasteiger partial charge is 0.496 e. The molecule has 0 N–H and O–H groups in total. The van der Waals surface area contributed by atoms with Gasteiger partial charge < -0.3 is 9.64 Å². The van der Waals surface area contributed by atoms with Crippen LogP contribution in [0.4, 0.5) is 0 Å². The first-order valence-corrected chi connectivity index (χ1v) is 6.75. The van der Waals surface area contributed by atoms with E-state index in [0.29, 0.717) is 5.56 Å². The maximum atomic E-state index is 11.1. The van der Waals surface area contributed by atoms with Gasteiger partial charge in [-0.15, -0.1) is 24.8 Å². The molecule has 0 aromatic heterocycles. The number of piperazine rings is 1. The second-order valence-electron chi connectivity index (χ2n) is 4.88. The molecule has 0 radical (unpaired) electrons. The van der Waals surface area contributed by atoms with Gasteiger partial charge >= 0.3 is 0 Å². The van der Waals surface area contributed by atoms with E-state index in [1.54, 1.807) is 19.2 Å². The van der Waals surface area contributed by atoms with Crippen LogP contribution in [0.2, 0.25) is 0 Å². The number of halogens is 3. The van der Waals surface area contributed by atoms with Crippen molar-refractivity contribution in [2.45, 2.75) is 6.54 Å². The second kappa shape index (κ2) is 9.49. The summed E-state index contributed by atoms with van der Waals surface area (Å²) >= 11 is 5.48. The van der Waals surface area contributed by atoms with Crippen molar-refractivity contribution in [3.63, 3.8) is 0 Å². The lowest BCUT2D eigenvalue weighted by Crippen LogP contribution is -2.43. The molecule has 0 amide bonds. The SMILES string of the molecule is COc1cc(C(=O)Cl)ccc1CN1CCN(C)CC1.Cl.Cl. The molecule has 120 valence electrons. The minimum Gasteiger partial charge on any atom is -0.496 e. The van der Waals surface area contributed by atoms with Gasteiger partial charge in [0.25, 0.3) is 5.24 Å². The van der Waals surface area contributed by atoms with Crippen LogP contribution in [0.15, 0.2) is 18.2 Å². The van der Waals surface area contributed by atoms with Gasteiger partial charge in [-0.05, 0) is 30.8 Å². The monoisotopic (exact) mass is 354 g/mol. The second-order valence-corrected chi connectivity index (χ2v) is 5.22. The van der Waals surface area contributed by atoms with E-state index < -0.39 is 5.24 Å². The third kappa shape index (κ3) is 5.64. The van der Waals surface area contributed by atoms with Crippen LogP contribution in [0, 0.1) is 0 Å². The number of hydrogen-bond acceptors (Lipinski definition) is 4. The van der Waals surface area contributed by atoms with E-state index in [1.807, 2.05) is 6.07 Å². The third-order valence-electron chi connectivity index (χ3n) is 3.50. The Bertz CT molecular complexity index is 464. The van der Waals surface area contributed by atoms with Crippen LogP contribution in [0.3, 0.4) is 0 Å². The lowest BCUT2D eigenvalue weighted by Gasteiger charge is -2.32. The summed E-state index contributed by atoms with van der Waals surface area (Å²) in [5.74, 6) is 0.727. The highest BCUT2D eigenvalue weighted by molar-refractivity contribution is 6.67. The number of nitrogens with zero attached hydrogens (tertiary/aromatic N) is 2. The van der Waals surface area contributed by atoms with Crippen LogP contribution < -0.4 is 4.74 Å². The zero-order chi connectivity index (χ0) is 13.8. The van der Waals surface area contributed by atoms with Gasteiger partial charge in [0.05, 0.1) is 7.11 Å². The Morgan fingerprint density at radius 3 is 2.38 bits per heavy atom. The van der Waals surface area contributed by atoms with Crippen molar-refractivity contribution in [1.29, 1.82) is 0 Å². The Morgan fingerprint density at radius 1 is 1.24 bits per heavy atom. The predicted octanol–water partition coefficient (Wildman–Crippen LogP) is 2.67. The van der Waals surface area contributed by atoms with Crippen LogP contribution in [-0.2, 0) is 6.54 Å². The number of carbonyl (C=O) groups excluding carboxylic acids is 1. The number of ether oxygens (including phenoxy) is 1. The van der Waals surface area contributed by atoms with E-state index in [4.69, 9.17) is 16.3 Å². The van der Waals surface area contributed by atoms with E-state index in [-0.39, 0.29) is 24.8 Å². The molecular weight excluding hydrogens is 335 g/mol. The topological polar surface area (TPSA) is 32.8 Å². The van der Waals surface area contributed by atoms with Crippen LogP contribution in [0.25, 0.3) is 0 Å². The van der Waals surface area contributed by atoms with Gasteiger partial charge in [0.15, 0.2) is 0 Å². The van der Waals surface area contributed by atoms with Crippen molar-refractivity contribution in [2.24, 2.45) is 0 Å². The Kier molecular flexibility index (Phi) is 9.25. The Balaban J connectivity index is 0.00000200. The molecule has 0 atom stereocenters. The molecule has 1 aliphatic heterocycles. The first kappa shape index (κ1) is 20.5. The molecule has 0 aliphatic carbocycles. The van der Waals surface area contributed by atoms with Crippen LogP contribution >= 0.6 is 36.4 Å². The Hall–Kier alpha value is -0.520. The van der Waals surface area contributed by atoms with E-state index in [1.165, 1.54) is 0 Å². The Labute approximate surface area is 143 Å². The van der Waals surface area contributed by atoms with Crippen molar-refractivity contribution in [3.8, 4) is 5.75 Å². The molecule has 1 fully saturated rings. The average molecular weight is 356 g/mol.